The number of amides is 1. The molecule has 0 radical (unpaired) electrons. The summed E-state index contributed by atoms with van der Waals surface area (Å²) in [6.07, 6.45) is 3.00. The number of carbonyl (C=O) groups is 1. The number of benzene rings is 2. The van der Waals surface area contributed by atoms with Crippen LogP contribution in [0.3, 0.4) is 0 Å². The quantitative estimate of drug-likeness (QED) is 0.375. The molecule has 5 rings (SSSR count). The van der Waals surface area contributed by atoms with Gasteiger partial charge in [-0.1, -0.05) is 29.8 Å². The van der Waals surface area contributed by atoms with Crippen molar-refractivity contribution in [2.75, 3.05) is 0 Å². The van der Waals surface area contributed by atoms with Gasteiger partial charge in [-0.3, -0.25) is 14.2 Å². The molecule has 0 atom stereocenters. The van der Waals surface area contributed by atoms with E-state index >= 15 is 0 Å². The molecule has 0 spiro atoms. The summed E-state index contributed by atoms with van der Waals surface area (Å²) in [6.45, 7) is -0.179. The average molecular weight is 486 g/mol. The number of carbonyl (C=O) groups excluding carboxylic acids is 1. The zero-order valence-electron chi connectivity index (χ0n) is 17.3. The molecule has 0 unspecified atom stereocenters. The Morgan fingerprint density at radius 3 is 2.64 bits per heavy atom. The lowest BCUT2D eigenvalue weighted by atomic mass is 10.1. The van der Waals surface area contributed by atoms with Crippen LogP contribution >= 0.6 is 22.9 Å². The van der Waals surface area contributed by atoms with Crippen LogP contribution in [0.2, 0.25) is 5.02 Å². The number of hydrogen-bond donors (Lipinski definition) is 0. The molecule has 0 aliphatic heterocycles. The van der Waals surface area contributed by atoms with Crippen molar-refractivity contribution in [1.29, 1.82) is 0 Å². The van der Waals surface area contributed by atoms with Gasteiger partial charge in [0.25, 0.3) is 5.56 Å². The van der Waals surface area contributed by atoms with Crippen LogP contribution in [0.5, 0.6) is 0 Å². The summed E-state index contributed by atoms with van der Waals surface area (Å²) < 4.78 is 28.9. The summed E-state index contributed by atoms with van der Waals surface area (Å²) in [6, 6.07) is 10.3. The van der Waals surface area contributed by atoms with Gasteiger partial charge >= 0.3 is 0 Å². The van der Waals surface area contributed by atoms with Gasteiger partial charge < -0.3 is 4.90 Å². The van der Waals surface area contributed by atoms with Crippen LogP contribution in [-0.4, -0.2) is 26.4 Å². The Kier molecular flexibility index (Phi) is 5.72. The predicted octanol–water partition coefficient (Wildman–Crippen LogP) is 5.25. The van der Waals surface area contributed by atoms with Crippen molar-refractivity contribution >= 4 is 39.1 Å². The lowest BCUT2D eigenvalue weighted by Gasteiger charge is -2.23. The van der Waals surface area contributed by atoms with Crippen molar-refractivity contribution in [1.82, 2.24) is 14.5 Å². The number of halogens is 3. The van der Waals surface area contributed by atoms with Crippen molar-refractivity contribution < 1.29 is 13.6 Å². The lowest BCUT2D eigenvalue weighted by Crippen LogP contribution is -2.38. The van der Waals surface area contributed by atoms with Gasteiger partial charge in [0.1, 0.15) is 23.0 Å². The Labute approximate surface area is 196 Å². The van der Waals surface area contributed by atoms with E-state index in [1.807, 2.05) is 0 Å². The molecule has 33 heavy (non-hydrogen) atoms. The maximum atomic E-state index is 14.3. The van der Waals surface area contributed by atoms with E-state index in [4.69, 9.17) is 11.6 Å². The highest BCUT2D eigenvalue weighted by atomic mass is 35.5. The molecule has 1 amide bonds. The van der Waals surface area contributed by atoms with Crippen molar-refractivity contribution in [2.45, 2.75) is 32.0 Å². The molecule has 2 aromatic carbocycles. The SMILES string of the molecule is O=C(Cn1cnc2scc(-c3ccc(F)cc3)c2c1=O)N(Cc1c(F)cccc1Cl)C1CC1. The van der Waals surface area contributed by atoms with Crippen LogP contribution in [0.4, 0.5) is 8.78 Å². The molecule has 0 bridgehead atoms. The Hall–Kier alpha value is -3.10. The monoisotopic (exact) mass is 485 g/mol. The molecule has 1 fully saturated rings. The number of thiophene rings is 1. The Bertz CT molecular complexity index is 1390. The smallest absolute Gasteiger partial charge is 0.263 e. The molecule has 2 aromatic heterocycles. The average Bonchev–Trinajstić information content (AvgIpc) is 3.54. The van der Waals surface area contributed by atoms with Gasteiger partial charge in [0.15, 0.2) is 0 Å². The largest absolute Gasteiger partial charge is 0.334 e. The summed E-state index contributed by atoms with van der Waals surface area (Å²) >= 11 is 7.47. The second-order valence-electron chi connectivity index (χ2n) is 7.97. The third kappa shape index (κ3) is 4.28. The van der Waals surface area contributed by atoms with Crippen LogP contribution < -0.4 is 5.56 Å². The Morgan fingerprint density at radius 1 is 1.18 bits per heavy atom. The van der Waals surface area contributed by atoms with E-state index < -0.39 is 5.82 Å². The Morgan fingerprint density at radius 2 is 1.94 bits per heavy atom. The van der Waals surface area contributed by atoms with E-state index in [1.165, 1.54) is 46.5 Å². The van der Waals surface area contributed by atoms with Crippen LogP contribution in [-0.2, 0) is 17.9 Å². The minimum Gasteiger partial charge on any atom is -0.334 e. The van der Waals surface area contributed by atoms with Crippen LogP contribution in [0, 0.1) is 11.6 Å². The molecule has 1 saturated carbocycles. The first-order chi connectivity index (χ1) is 15.9. The summed E-state index contributed by atoms with van der Waals surface area (Å²) in [5.41, 5.74) is 1.25. The zero-order valence-corrected chi connectivity index (χ0v) is 18.9. The van der Waals surface area contributed by atoms with Crippen molar-refractivity contribution in [3.8, 4) is 11.1 Å². The second-order valence-corrected chi connectivity index (χ2v) is 9.23. The maximum absolute atomic E-state index is 14.3. The molecule has 9 heteroatoms. The van der Waals surface area contributed by atoms with Gasteiger partial charge in [0.2, 0.25) is 5.91 Å². The number of aromatic nitrogens is 2. The van der Waals surface area contributed by atoms with Gasteiger partial charge in [-0.05, 0) is 42.7 Å². The third-order valence-corrected chi connectivity index (χ3v) is 6.96. The molecule has 168 valence electrons. The third-order valence-electron chi connectivity index (χ3n) is 5.72. The fourth-order valence-corrected chi connectivity index (χ4v) is 4.95. The minimum atomic E-state index is -0.469. The van der Waals surface area contributed by atoms with Crippen molar-refractivity contribution in [3.63, 3.8) is 0 Å². The molecule has 4 aromatic rings. The highest BCUT2D eigenvalue weighted by molar-refractivity contribution is 7.17. The molecule has 0 saturated heterocycles. The van der Waals surface area contributed by atoms with Crippen LogP contribution in [0.15, 0.2) is 59.0 Å². The first kappa shape index (κ1) is 21.7. The second kappa shape index (κ2) is 8.68. The molecule has 1 aliphatic carbocycles. The fraction of sp³-hybridized carbons (Fsp3) is 0.208. The lowest BCUT2D eigenvalue weighted by molar-refractivity contribution is -0.133. The summed E-state index contributed by atoms with van der Waals surface area (Å²) in [7, 11) is 0. The van der Waals surface area contributed by atoms with Crippen molar-refractivity contribution in [2.24, 2.45) is 0 Å². The fourth-order valence-electron chi connectivity index (χ4n) is 3.82. The van der Waals surface area contributed by atoms with E-state index in [1.54, 1.807) is 28.5 Å². The van der Waals surface area contributed by atoms with Gasteiger partial charge in [-0.25, -0.2) is 13.8 Å². The number of fused-ring (bicyclic) bond motifs is 1. The van der Waals surface area contributed by atoms with E-state index in [9.17, 15) is 18.4 Å². The molecule has 5 nitrogen and oxygen atoms in total. The van der Waals surface area contributed by atoms with E-state index in [-0.39, 0.29) is 47.0 Å². The van der Waals surface area contributed by atoms with Crippen molar-refractivity contribution in [3.05, 3.63) is 86.7 Å². The van der Waals surface area contributed by atoms with E-state index in [2.05, 4.69) is 4.98 Å². The van der Waals surface area contributed by atoms with Crippen LogP contribution in [0.25, 0.3) is 21.3 Å². The molecule has 1 aliphatic rings. The minimum absolute atomic E-state index is 0.00325. The highest BCUT2D eigenvalue weighted by Crippen LogP contribution is 2.32. The summed E-state index contributed by atoms with van der Waals surface area (Å²) in [5, 5.41) is 2.45. The van der Waals surface area contributed by atoms with E-state index in [0.717, 1.165) is 12.8 Å². The Balaban J connectivity index is 1.46. The van der Waals surface area contributed by atoms with Gasteiger partial charge in [0.05, 0.1) is 18.3 Å². The predicted molar refractivity (Wildman–Crippen MR) is 124 cm³/mol. The number of hydrogen-bond acceptors (Lipinski definition) is 4. The maximum Gasteiger partial charge on any atom is 0.263 e. The summed E-state index contributed by atoms with van der Waals surface area (Å²) in [5.74, 6) is -1.14. The van der Waals surface area contributed by atoms with E-state index in [0.29, 0.717) is 21.3 Å². The zero-order chi connectivity index (χ0) is 23.1. The molecule has 2 heterocycles. The molecular formula is C24H18ClF2N3O2S. The highest BCUT2D eigenvalue weighted by Gasteiger charge is 2.33. The number of nitrogens with zero attached hydrogens (tertiary/aromatic N) is 3. The number of rotatable bonds is 6. The van der Waals surface area contributed by atoms with Crippen LogP contribution in [0.1, 0.15) is 18.4 Å². The van der Waals surface area contributed by atoms with Gasteiger partial charge in [-0.15, -0.1) is 11.3 Å². The first-order valence-electron chi connectivity index (χ1n) is 10.4. The normalized spacial score (nSPS) is 13.4. The van der Waals surface area contributed by atoms with Gasteiger partial charge in [0, 0.05) is 27.6 Å². The molecule has 0 N–H and O–H groups in total. The standard InChI is InChI=1S/C24H18ClF2N3O2S/c25-19-2-1-3-20(27)17(19)10-30(16-8-9-16)21(31)11-29-13-28-23-22(24(29)32)18(12-33-23)14-4-6-15(26)7-5-14/h1-7,12-13,16H,8-11H2. The molecular weight excluding hydrogens is 468 g/mol. The summed E-state index contributed by atoms with van der Waals surface area (Å²) in [4.78, 5) is 32.9. The van der Waals surface area contributed by atoms with Gasteiger partial charge in [-0.2, -0.15) is 0 Å². The topological polar surface area (TPSA) is 55.2 Å². The first-order valence-corrected chi connectivity index (χ1v) is 11.6.